The SMILES string of the molecule is C=C(/C=C1\C(=N)C(=N)Nc2cc(CC)ccc21)CCc1ccc(OCCCP=O)cc1C. The lowest BCUT2D eigenvalue weighted by atomic mass is 9.90. The predicted molar refractivity (Wildman–Crippen MR) is 134 cm³/mol. The lowest BCUT2D eigenvalue weighted by molar-refractivity contribution is 0.318. The van der Waals surface area contributed by atoms with E-state index in [0.717, 1.165) is 53.8 Å². The Morgan fingerprint density at radius 1 is 1.22 bits per heavy atom. The minimum atomic E-state index is 0.117. The summed E-state index contributed by atoms with van der Waals surface area (Å²) in [7, 11) is 0.162. The highest BCUT2D eigenvalue weighted by Gasteiger charge is 2.23. The van der Waals surface area contributed by atoms with E-state index in [9.17, 15) is 4.57 Å². The normalized spacial score (nSPS) is 14.4. The van der Waals surface area contributed by atoms with Gasteiger partial charge in [-0.2, -0.15) is 0 Å². The van der Waals surface area contributed by atoms with Crippen molar-refractivity contribution in [3.63, 3.8) is 0 Å². The van der Waals surface area contributed by atoms with Crippen LogP contribution in [0.2, 0.25) is 0 Å². The van der Waals surface area contributed by atoms with E-state index in [-0.39, 0.29) is 20.0 Å². The van der Waals surface area contributed by atoms with Crippen molar-refractivity contribution in [2.24, 2.45) is 0 Å². The second-order valence-corrected chi connectivity index (χ2v) is 8.67. The van der Waals surface area contributed by atoms with E-state index in [1.807, 2.05) is 24.3 Å². The van der Waals surface area contributed by atoms with Crippen LogP contribution in [-0.2, 0) is 17.4 Å². The summed E-state index contributed by atoms with van der Waals surface area (Å²) in [6.45, 7) is 8.96. The molecule has 0 fully saturated rings. The molecule has 0 saturated heterocycles. The number of benzene rings is 2. The molecular weight excluding hydrogens is 417 g/mol. The first kappa shape index (κ1) is 23.6. The van der Waals surface area contributed by atoms with Crippen LogP contribution in [0.15, 0.2) is 54.6 Å². The van der Waals surface area contributed by atoms with E-state index in [0.29, 0.717) is 12.8 Å². The number of ether oxygens (including phenoxy) is 1. The molecule has 0 amide bonds. The summed E-state index contributed by atoms with van der Waals surface area (Å²) in [5.74, 6) is 0.950. The third-order valence-electron chi connectivity index (χ3n) is 5.60. The molecule has 0 atom stereocenters. The molecule has 0 saturated carbocycles. The van der Waals surface area contributed by atoms with Gasteiger partial charge < -0.3 is 10.1 Å². The standard InChI is InChI=1S/C26H30N3O2P/c1-4-19-7-11-22-23(25(27)26(28)29-24(22)16-19)14-17(2)6-8-20-9-10-21(15-18(20)3)31-12-5-13-32-30/h7,9-11,14-16,27H,2,4-6,8,12-13H2,1,3H3,(H2,28,29)/b23-14-,27-25?. The number of anilines is 1. The number of amidine groups is 1. The highest BCUT2D eigenvalue weighted by atomic mass is 31.1. The van der Waals surface area contributed by atoms with Gasteiger partial charge in [-0.05, 0) is 73.6 Å². The molecule has 2 aromatic carbocycles. The average Bonchev–Trinajstić information content (AvgIpc) is 2.78. The number of hydrogen-bond donors (Lipinski definition) is 3. The van der Waals surface area contributed by atoms with Crippen molar-refractivity contribution in [1.29, 1.82) is 10.8 Å². The van der Waals surface area contributed by atoms with Crippen LogP contribution < -0.4 is 10.1 Å². The maximum atomic E-state index is 10.5. The summed E-state index contributed by atoms with van der Waals surface area (Å²) in [6.07, 6.45) is 5.87. The number of fused-ring (bicyclic) bond motifs is 1. The Hall–Kier alpha value is -3.04. The van der Waals surface area contributed by atoms with Gasteiger partial charge in [0.15, 0.2) is 8.46 Å². The molecular formula is C26H30N3O2P. The Morgan fingerprint density at radius 2 is 2.03 bits per heavy atom. The smallest absolute Gasteiger partial charge is 0.155 e. The molecule has 6 heteroatoms. The number of aryl methyl sites for hydroxylation is 3. The zero-order chi connectivity index (χ0) is 23.1. The first-order chi connectivity index (χ1) is 15.4. The molecule has 2 aromatic rings. The Labute approximate surface area is 191 Å². The van der Waals surface area contributed by atoms with E-state index in [4.69, 9.17) is 15.6 Å². The predicted octanol–water partition coefficient (Wildman–Crippen LogP) is 6.61. The number of hydrogen-bond acceptors (Lipinski definition) is 4. The van der Waals surface area contributed by atoms with Crippen molar-refractivity contribution in [1.82, 2.24) is 0 Å². The van der Waals surface area contributed by atoms with E-state index >= 15 is 0 Å². The number of nitrogens with one attached hydrogen (secondary N) is 3. The first-order valence-corrected chi connectivity index (χ1v) is 11.9. The molecule has 5 nitrogen and oxygen atoms in total. The van der Waals surface area contributed by atoms with Crippen LogP contribution in [0.3, 0.4) is 0 Å². The molecule has 0 aromatic heterocycles. The molecule has 0 unspecified atom stereocenters. The average molecular weight is 448 g/mol. The van der Waals surface area contributed by atoms with Gasteiger partial charge in [0.05, 0.1) is 6.61 Å². The van der Waals surface area contributed by atoms with E-state index < -0.39 is 0 Å². The Bertz CT molecular complexity index is 1090. The maximum absolute atomic E-state index is 10.5. The molecule has 32 heavy (non-hydrogen) atoms. The fourth-order valence-electron chi connectivity index (χ4n) is 3.70. The zero-order valence-corrected chi connectivity index (χ0v) is 19.6. The summed E-state index contributed by atoms with van der Waals surface area (Å²) in [5, 5.41) is 19.6. The van der Waals surface area contributed by atoms with Gasteiger partial charge in [0.1, 0.15) is 17.3 Å². The molecule has 0 aliphatic carbocycles. The monoisotopic (exact) mass is 447 g/mol. The van der Waals surface area contributed by atoms with Gasteiger partial charge in [0.2, 0.25) is 0 Å². The minimum absolute atomic E-state index is 0.117. The molecule has 0 spiro atoms. The molecule has 3 N–H and O–H groups in total. The lowest BCUT2D eigenvalue weighted by Crippen LogP contribution is -2.28. The van der Waals surface area contributed by atoms with Crippen LogP contribution in [0.4, 0.5) is 5.69 Å². The van der Waals surface area contributed by atoms with Crippen molar-refractivity contribution in [2.45, 2.75) is 39.5 Å². The summed E-state index contributed by atoms with van der Waals surface area (Å²) in [5.41, 5.74) is 7.29. The topological polar surface area (TPSA) is 86.0 Å². The quantitative estimate of drug-likeness (QED) is 0.283. The second-order valence-electron chi connectivity index (χ2n) is 7.97. The summed E-state index contributed by atoms with van der Waals surface area (Å²) in [6, 6.07) is 12.3. The van der Waals surface area contributed by atoms with Gasteiger partial charge in [-0.3, -0.25) is 15.4 Å². The third-order valence-corrected chi connectivity index (χ3v) is 6.10. The highest BCUT2D eigenvalue weighted by Crippen LogP contribution is 2.32. The van der Waals surface area contributed by atoms with Crippen LogP contribution >= 0.6 is 8.46 Å². The molecule has 1 aliphatic heterocycles. The maximum Gasteiger partial charge on any atom is 0.155 e. The molecule has 166 valence electrons. The third kappa shape index (κ3) is 5.80. The van der Waals surface area contributed by atoms with E-state index in [1.165, 1.54) is 16.7 Å². The number of allylic oxidation sites excluding steroid dienone is 2. The zero-order valence-electron chi connectivity index (χ0n) is 18.8. The first-order valence-electron chi connectivity index (χ1n) is 10.9. The van der Waals surface area contributed by atoms with Crippen LogP contribution in [-0.4, -0.2) is 24.3 Å². The second kappa shape index (κ2) is 11.0. The molecule has 0 bridgehead atoms. The van der Waals surface area contributed by atoms with Gasteiger partial charge in [0, 0.05) is 23.0 Å². The largest absolute Gasteiger partial charge is 0.494 e. The Morgan fingerprint density at radius 3 is 2.75 bits per heavy atom. The summed E-state index contributed by atoms with van der Waals surface area (Å²) >= 11 is 0. The lowest BCUT2D eigenvalue weighted by Gasteiger charge is -2.23. The molecule has 3 rings (SSSR count). The highest BCUT2D eigenvalue weighted by molar-refractivity contribution is 7.23. The minimum Gasteiger partial charge on any atom is -0.494 e. The Balaban J connectivity index is 1.68. The molecule has 1 aliphatic rings. The van der Waals surface area contributed by atoms with Crippen LogP contribution in [0.5, 0.6) is 5.75 Å². The van der Waals surface area contributed by atoms with Crippen LogP contribution in [0.25, 0.3) is 5.57 Å². The van der Waals surface area contributed by atoms with Gasteiger partial charge >= 0.3 is 0 Å². The van der Waals surface area contributed by atoms with Gasteiger partial charge in [0.25, 0.3) is 0 Å². The van der Waals surface area contributed by atoms with Crippen LogP contribution in [0, 0.1) is 17.7 Å². The number of rotatable bonds is 10. The van der Waals surface area contributed by atoms with Crippen molar-refractivity contribution in [3.8, 4) is 5.75 Å². The van der Waals surface area contributed by atoms with Crippen molar-refractivity contribution >= 4 is 31.3 Å². The van der Waals surface area contributed by atoms with Gasteiger partial charge in [-0.25, -0.2) is 0 Å². The fraction of sp³-hybridized carbons (Fsp3) is 0.308. The summed E-state index contributed by atoms with van der Waals surface area (Å²) in [4.78, 5) is 0. The van der Waals surface area contributed by atoms with Crippen molar-refractivity contribution < 1.29 is 9.30 Å². The van der Waals surface area contributed by atoms with Gasteiger partial charge in [-0.1, -0.05) is 37.3 Å². The summed E-state index contributed by atoms with van der Waals surface area (Å²) < 4.78 is 16.2. The van der Waals surface area contributed by atoms with Gasteiger partial charge in [-0.15, -0.1) is 0 Å². The van der Waals surface area contributed by atoms with E-state index in [1.54, 1.807) is 0 Å². The van der Waals surface area contributed by atoms with Crippen LogP contribution in [0.1, 0.15) is 42.0 Å². The fourth-order valence-corrected chi connectivity index (χ4v) is 3.95. The molecule has 0 radical (unpaired) electrons. The molecule has 1 heterocycles. The van der Waals surface area contributed by atoms with Crippen molar-refractivity contribution in [2.75, 3.05) is 18.1 Å². The van der Waals surface area contributed by atoms with E-state index in [2.05, 4.69) is 43.9 Å². The Kier molecular flexibility index (Phi) is 8.13. The van der Waals surface area contributed by atoms with Crippen molar-refractivity contribution in [3.05, 3.63) is 76.9 Å².